The third-order valence-electron chi connectivity index (χ3n) is 2.45. The average Bonchev–Trinajstić information content (AvgIpc) is 2.60. The van der Waals surface area contributed by atoms with Gasteiger partial charge in [-0.1, -0.05) is 0 Å². The van der Waals surface area contributed by atoms with Crippen LogP contribution in [-0.2, 0) is 11.2 Å². The molecule has 0 aliphatic heterocycles. The number of ether oxygens (including phenoxy) is 1. The summed E-state index contributed by atoms with van der Waals surface area (Å²) < 4.78 is 5.22. The Bertz CT molecular complexity index is 343. The van der Waals surface area contributed by atoms with Gasteiger partial charge in [0.15, 0.2) is 0 Å². The number of carboxylic acids is 1. The van der Waals surface area contributed by atoms with Crippen molar-refractivity contribution in [2.75, 3.05) is 7.11 Å². The lowest BCUT2D eigenvalue weighted by atomic mass is 10.2. The summed E-state index contributed by atoms with van der Waals surface area (Å²) in [5.41, 5.74) is 2.26. The van der Waals surface area contributed by atoms with E-state index in [4.69, 9.17) is 9.84 Å². The largest absolute Gasteiger partial charge is 0.477 e. The molecule has 1 aromatic rings. The van der Waals surface area contributed by atoms with Crippen molar-refractivity contribution in [3.05, 3.63) is 23.0 Å². The summed E-state index contributed by atoms with van der Waals surface area (Å²) in [6, 6.07) is 1.67. The number of aromatic amines is 1. The van der Waals surface area contributed by atoms with Gasteiger partial charge in [0.1, 0.15) is 5.69 Å². The molecule has 0 saturated heterocycles. The first kappa shape index (κ1) is 8.31. The van der Waals surface area contributed by atoms with Crippen LogP contribution in [0.3, 0.4) is 0 Å². The fraction of sp³-hybridized carbons (Fsp3) is 0.444. The third-order valence-corrected chi connectivity index (χ3v) is 2.45. The number of carbonyl (C=O) groups is 1. The van der Waals surface area contributed by atoms with Gasteiger partial charge >= 0.3 is 5.97 Å². The van der Waals surface area contributed by atoms with Crippen molar-refractivity contribution in [1.29, 1.82) is 0 Å². The number of hydrogen-bond acceptors (Lipinski definition) is 2. The number of aromatic nitrogens is 1. The number of carboxylic acid groups (broad SMARTS) is 1. The maximum atomic E-state index is 10.6. The molecule has 1 aromatic heterocycles. The highest BCUT2D eigenvalue weighted by Gasteiger charge is 2.25. The van der Waals surface area contributed by atoms with Crippen LogP contribution in [0.5, 0.6) is 0 Å². The molecule has 1 heterocycles. The van der Waals surface area contributed by atoms with E-state index in [-0.39, 0.29) is 11.8 Å². The van der Waals surface area contributed by atoms with Gasteiger partial charge in [-0.25, -0.2) is 4.79 Å². The minimum absolute atomic E-state index is 0.0688. The van der Waals surface area contributed by atoms with Gasteiger partial charge in [0.25, 0.3) is 0 Å². The maximum Gasteiger partial charge on any atom is 0.352 e. The Morgan fingerprint density at radius 2 is 2.54 bits per heavy atom. The lowest BCUT2D eigenvalue weighted by Crippen LogP contribution is -1.98. The number of fused-ring (bicyclic) bond motifs is 1. The Balaban J connectivity index is 2.36. The first-order valence-corrected chi connectivity index (χ1v) is 4.20. The number of hydrogen-bond donors (Lipinski definition) is 2. The average molecular weight is 181 g/mol. The topological polar surface area (TPSA) is 62.3 Å². The number of H-pyrrole nitrogens is 1. The molecule has 0 saturated carbocycles. The second-order valence-electron chi connectivity index (χ2n) is 3.19. The minimum atomic E-state index is -0.913. The Morgan fingerprint density at radius 3 is 3.15 bits per heavy atom. The van der Waals surface area contributed by atoms with Crippen molar-refractivity contribution >= 4 is 5.97 Å². The van der Waals surface area contributed by atoms with Crippen LogP contribution >= 0.6 is 0 Å². The van der Waals surface area contributed by atoms with Gasteiger partial charge in [-0.15, -0.1) is 0 Å². The number of rotatable bonds is 2. The first-order chi connectivity index (χ1) is 6.22. The van der Waals surface area contributed by atoms with E-state index >= 15 is 0 Å². The van der Waals surface area contributed by atoms with Crippen LogP contribution in [0, 0.1) is 0 Å². The summed E-state index contributed by atoms with van der Waals surface area (Å²) in [4.78, 5) is 13.5. The quantitative estimate of drug-likeness (QED) is 0.723. The summed E-state index contributed by atoms with van der Waals surface area (Å²) in [7, 11) is 1.65. The molecule has 0 spiro atoms. The number of aromatic carboxylic acids is 1. The Morgan fingerprint density at radius 1 is 1.77 bits per heavy atom. The van der Waals surface area contributed by atoms with E-state index < -0.39 is 5.97 Å². The zero-order valence-electron chi connectivity index (χ0n) is 7.33. The second-order valence-corrected chi connectivity index (χ2v) is 3.19. The summed E-state index contributed by atoms with van der Waals surface area (Å²) in [5, 5.41) is 8.73. The molecule has 0 bridgehead atoms. The van der Waals surface area contributed by atoms with E-state index in [2.05, 4.69) is 4.98 Å². The summed E-state index contributed by atoms with van der Waals surface area (Å²) >= 11 is 0. The SMILES string of the molecule is CO[C@H]1CCc2[nH]c(C(=O)O)cc21. The number of methoxy groups -OCH3 is 1. The van der Waals surface area contributed by atoms with Crippen LogP contribution < -0.4 is 0 Å². The van der Waals surface area contributed by atoms with E-state index in [0.717, 1.165) is 24.1 Å². The third kappa shape index (κ3) is 1.23. The predicted octanol–water partition coefficient (Wildman–Crippen LogP) is 1.35. The van der Waals surface area contributed by atoms with Gasteiger partial charge in [-0.3, -0.25) is 0 Å². The van der Waals surface area contributed by atoms with Gasteiger partial charge in [0, 0.05) is 18.4 Å². The predicted molar refractivity (Wildman–Crippen MR) is 45.8 cm³/mol. The number of aryl methyl sites for hydroxylation is 1. The van der Waals surface area contributed by atoms with Crippen LogP contribution in [0.2, 0.25) is 0 Å². The fourth-order valence-corrected chi connectivity index (χ4v) is 1.80. The van der Waals surface area contributed by atoms with Gasteiger partial charge in [-0.05, 0) is 18.9 Å². The molecule has 0 radical (unpaired) electrons. The summed E-state index contributed by atoms with van der Waals surface area (Å²) in [5.74, 6) is -0.913. The Kier molecular flexibility index (Phi) is 1.84. The molecule has 1 aliphatic rings. The van der Waals surface area contributed by atoms with Crippen molar-refractivity contribution in [2.24, 2.45) is 0 Å². The lowest BCUT2D eigenvalue weighted by molar-refractivity contribution is 0.0690. The Labute approximate surface area is 75.5 Å². The molecule has 1 atom stereocenters. The smallest absolute Gasteiger partial charge is 0.352 e. The molecule has 4 nitrogen and oxygen atoms in total. The van der Waals surface area contributed by atoms with Gasteiger partial charge in [-0.2, -0.15) is 0 Å². The maximum absolute atomic E-state index is 10.6. The zero-order chi connectivity index (χ0) is 9.42. The van der Waals surface area contributed by atoms with E-state index in [1.165, 1.54) is 0 Å². The first-order valence-electron chi connectivity index (χ1n) is 4.20. The zero-order valence-corrected chi connectivity index (χ0v) is 7.33. The van der Waals surface area contributed by atoms with Crippen LogP contribution in [0.25, 0.3) is 0 Å². The van der Waals surface area contributed by atoms with Crippen LogP contribution in [-0.4, -0.2) is 23.2 Å². The van der Waals surface area contributed by atoms with Crippen molar-refractivity contribution in [2.45, 2.75) is 18.9 Å². The fourth-order valence-electron chi connectivity index (χ4n) is 1.80. The monoisotopic (exact) mass is 181 g/mol. The van der Waals surface area contributed by atoms with Crippen LogP contribution in [0.15, 0.2) is 6.07 Å². The molecule has 4 heteroatoms. The van der Waals surface area contributed by atoms with Crippen molar-refractivity contribution in [1.82, 2.24) is 4.98 Å². The molecule has 0 aromatic carbocycles. The molecular weight excluding hydrogens is 170 g/mol. The molecule has 0 unspecified atom stereocenters. The van der Waals surface area contributed by atoms with Crippen molar-refractivity contribution in [3.63, 3.8) is 0 Å². The highest BCUT2D eigenvalue weighted by Crippen LogP contribution is 2.33. The number of nitrogens with one attached hydrogen (secondary N) is 1. The van der Waals surface area contributed by atoms with E-state index in [9.17, 15) is 4.79 Å². The van der Waals surface area contributed by atoms with E-state index in [0.29, 0.717) is 0 Å². The van der Waals surface area contributed by atoms with Gasteiger partial charge < -0.3 is 14.8 Å². The molecule has 0 amide bonds. The highest BCUT2D eigenvalue weighted by molar-refractivity contribution is 5.86. The van der Waals surface area contributed by atoms with Gasteiger partial charge in [0.2, 0.25) is 0 Å². The summed E-state index contributed by atoms with van der Waals surface area (Å²) in [6.45, 7) is 0. The molecule has 2 rings (SSSR count). The Hall–Kier alpha value is -1.29. The lowest BCUT2D eigenvalue weighted by Gasteiger charge is -2.05. The molecule has 70 valence electrons. The standard InChI is InChI=1S/C9H11NO3/c1-13-8-3-2-6-5(8)4-7(10-6)9(11)12/h4,8,10H,2-3H2,1H3,(H,11,12)/t8-/m0/s1. The molecule has 0 fully saturated rings. The van der Waals surface area contributed by atoms with E-state index in [1.807, 2.05) is 0 Å². The van der Waals surface area contributed by atoms with Crippen LogP contribution in [0.1, 0.15) is 34.3 Å². The normalized spacial score (nSPS) is 20.2. The highest BCUT2D eigenvalue weighted by atomic mass is 16.5. The summed E-state index contributed by atoms with van der Waals surface area (Å²) in [6.07, 6.45) is 1.89. The van der Waals surface area contributed by atoms with Crippen LogP contribution in [0.4, 0.5) is 0 Å². The minimum Gasteiger partial charge on any atom is -0.477 e. The molecule has 13 heavy (non-hydrogen) atoms. The molecule has 1 aliphatic carbocycles. The molecule has 2 N–H and O–H groups in total. The second kappa shape index (κ2) is 2.88. The molecular formula is C9H11NO3. The van der Waals surface area contributed by atoms with Crippen molar-refractivity contribution in [3.8, 4) is 0 Å². The van der Waals surface area contributed by atoms with Crippen molar-refractivity contribution < 1.29 is 14.6 Å². The van der Waals surface area contributed by atoms with Gasteiger partial charge in [0.05, 0.1) is 6.10 Å². The van der Waals surface area contributed by atoms with E-state index in [1.54, 1.807) is 13.2 Å².